The van der Waals surface area contributed by atoms with Gasteiger partial charge in [-0.3, -0.25) is 4.79 Å². The number of amides is 1. The largest absolute Gasteiger partial charge is 0.480 e. The lowest BCUT2D eigenvalue weighted by Gasteiger charge is -2.14. The van der Waals surface area contributed by atoms with Crippen LogP contribution in [0, 0.1) is 6.92 Å². The summed E-state index contributed by atoms with van der Waals surface area (Å²) in [6.45, 7) is 7.86. The zero-order valence-electron chi connectivity index (χ0n) is 14.3. The molecule has 0 saturated heterocycles. The van der Waals surface area contributed by atoms with Crippen LogP contribution in [0.5, 0.6) is 0 Å². The van der Waals surface area contributed by atoms with Crippen molar-refractivity contribution >= 4 is 23.2 Å². The van der Waals surface area contributed by atoms with E-state index in [4.69, 9.17) is 0 Å². The van der Waals surface area contributed by atoms with Gasteiger partial charge < -0.3 is 10.4 Å². The van der Waals surface area contributed by atoms with Crippen LogP contribution in [0.3, 0.4) is 0 Å². The van der Waals surface area contributed by atoms with Gasteiger partial charge in [-0.2, -0.15) is 0 Å². The molecule has 0 radical (unpaired) electrons. The fourth-order valence-electron chi connectivity index (χ4n) is 2.20. The van der Waals surface area contributed by atoms with Crippen molar-refractivity contribution in [3.8, 4) is 0 Å². The summed E-state index contributed by atoms with van der Waals surface area (Å²) in [6.07, 6.45) is 0.242. The SMILES string of the molecule is Cc1nc(C(C)(C)C)sc1C(=O)N[C@@H](Cc1ccccc1)C(=O)O. The monoisotopic (exact) mass is 346 g/mol. The summed E-state index contributed by atoms with van der Waals surface area (Å²) in [5.41, 5.74) is 1.34. The van der Waals surface area contributed by atoms with Crippen molar-refractivity contribution in [2.45, 2.75) is 45.6 Å². The highest BCUT2D eigenvalue weighted by Gasteiger charge is 2.26. The van der Waals surface area contributed by atoms with Crippen molar-refractivity contribution in [2.75, 3.05) is 0 Å². The maximum atomic E-state index is 12.5. The highest BCUT2D eigenvalue weighted by molar-refractivity contribution is 7.14. The third-order valence-corrected chi connectivity index (χ3v) is 5.11. The molecule has 0 aliphatic heterocycles. The van der Waals surface area contributed by atoms with Gasteiger partial charge in [-0.05, 0) is 12.5 Å². The zero-order valence-corrected chi connectivity index (χ0v) is 15.1. The quantitative estimate of drug-likeness (QED) is 0.871. The van der Waals surface area contributed by atoms with E-state index in [0.717, 1.165) is 10.6 Å². The fourth-order valence-corrected chi connectivity index (χ4v) is 3.23. The summed E-state index contributed by atoms with van der Waals surface area (Å²) in [7, 11) is 0. The number of thiazole rings is 1. The van der Waals surface area contributed by atoms with E-state index in [-0.39, 0.29) is 17.7 Å². The van der Waals surface area contributed by atoms with Crippen LogP contribution in [-0.2, 0) is 16.6 Å². The highest BCUT2D eigenvalue weighted by Crippen LogP contribution is 2.29. The predicted molar refractivity (Wildman–Crippen MR) is 94.6 cm³/mol. The molecule has 0 aliphatic carbocycles. The van der Waals surface area contributed by atoms with Crippen LogP contribution in [0.2, 0.25) is 0 Å². The van der Waals surface area contributed by atoms with Gasteiger partial charge in [0.2, 0.25) is 0 Å². The van der Waals surface area contributed by atoms with Gasteiger partial charge in [-0.25, -0.2) is 9.78 Å². The molecule has 6 heteroatoms. The Hall–Kier alpha value is -2.21. The van der Waals surface area contributed by atoms with Gasteiger partial charge >= 0.3 is 5.97 Å². The second kappa shape index (κ2) is 7.13. The summed E-state index contributed by atoms with van der Waals surface area (Å²) in [4.78, 5) is 28.9. The van der Waals surface area contributed by atoms with Crippen LogP contribution in [0.15, 0.2) is 30.3 Å². The number of rotatable bonds is 5. The molecular weight excluding hydrogens is 324 g/mol. The van der Waals surface area contributed by atoms with Crippen LogP contribution in [0.4, 0.5) is 0 Å². The van der Waals surface area contributed by atoms with Gasteiger partial charge in [0.15, 0.2) is 0 Å². The Balaban J connectivity index is 2.17. The summed E-state index contributed by atoms with van der Waals surface area (Å²) in [5, 5.41) is 12.9. The van der Waals surface area contributed by atoms with Crippen LogP contribution in [0.1, 0.15) is 46.7 Å². The van der Waals surface area contributed by atoms with Gasteiger partial charge in [-0.15, -0.1) is 11.3 Å². The Kier molecular flexibility index (Phi) is 5.39. The minimum atomic E-state index is -1.05. The number of aromatic nitrogens is 1. The summed E-state index contributed by atoms with van der Waals surface area (Å²) >= 11 is 1.32. The van der Waals surface area contributed by atoms with Crippen LogP contribution < -0.4 is 5.32 Å². The van der Waals surface area contributed by atoms with Crippen molar-refractivity contribution in [1.29, 1.82) is 0 Å². The fraction of sp³-hybridized carbons (Fsp3) is 0.389. The Morgan fingerprint density at radius 2 is 1.88 bits per heavy atom. The second-order valence-electron chi connectivity index (χ2n) is 6.74. The lowest BCUT2D eigenvalue weighted by molar-refractivity contribution is -0.139. The first-order valence-electron chi connectivity index (χ1n) is 7.74. The number of aliphatic carboxylic acids is 1. The first-order valence-corrected chi connectivity index (χ1v) is 8.55. The Morgan fingerprint density at radius 3 is 2.38 bits per heavy atom. The molecule has 0 spiro atoms. The molecule has 2 rings (SSSR count). The molecule has 2 N–H and O–H groups in total. The van der Waals surface area contributed by atoms with Gasteiger partial charge in [0.25, 0.3) is 5.91 Å². The lowest BCUT2D eigenvalue weighted by Crippen LogP contribution is -2.42. The van der Waals surface area contributed by atoms with E-state index in [0.29, 0.717) is 10.6 Å². The number of hydrogen-bond donors (Lipinski definition) is 2. The van der Waals surface area contributed by atoms with Gasteiger partial charge in [0.1, 0.15) is 10.9 Å². The molecular formula is C18H22N2O3S. The van der Waals surface area contributed by atoms with E-state index in [2.05, 4.69) is 10.3 Å². The van der Waals surface area contributed by atoms with Crippen LogP contribution >= 0.6 is 11.3 Å². The number of carboxylic acids is 1. The molecule has 2 aromatic rings. The number of nitrogens with one attached hydrogen (secondary N) is 1. The van der Waals surface area contributed by atoms with Crippen molar-refractivity contribution in [3.63, 3.8) is 0 Å². The maximum Gasteiger partial charge on any atom is 0.326 e. The Morgan fingerprint density at radius 1 is 1.25 bits per heavy atom. The molecule has 1 aromatic heterocycles. The average molecular weight is 346 g/mol. The van der Waals surface area contributed by atoms with Crippen LogP contribution in [0.25, 0.3) is 0 Å². The first kappa shape index (κ1) is 18.1. The van der Waals surface area contributed by atoms with E-state index >= 15 is 0 Å². The molecule has 1 heterocycles. The number of aryl methyl sites for hydroxylation is 1. The third-order valence-electron chi connectivity index (χ3n) is 3.53. The number of carboxylic acid groups (broad SMARTS) is 1. The van der Waals surface area contributed by atoms with Crippen molar-refractivity contribution in [3.05, 3.63) is 51.5 Å². The minimum Gasteiger partial charge on any atom is -0.480 e. The van der Waals surface area contributed by atoms with Gasteiger partial charge in [-0.1, -0.05) is 51.1 Å². The minimum absolute atomic E-state index is 0.149. The lowest BCUT2D eigenvalue weighted by atomic mass is 9.98. The normalized spacial score (nSPS) is 12.7. The number of benzene rings is 1. The molecule has 128 valence electrons. The molecule has 0 aliphatic rings. The van der Waals surface area contributed by atoms with E-state index in [1.54, 1.807) is 6.92 Å². The second-order valence-corrected chi connectivity index (χ2v) is 7.74. The standard InChI is InChI=1S/C18H22N2O3S/c1-11-14(24-17(19-11)18(2,3)4)15(21)20-13(16(22)23)10-12-8-6-5-7-9-12/h5-9,13H,10H2,1-4H3,(H,20,21)(H,22,23)/t13-/m0/s1. The number of carbonyl (C=O) groups is 2. The molecule has 1 atom stereocenters. The highest BCUT2D eigenvalue weighted by atomic mass is 32.1. The third kappa shape index (κ3) is 4.41. The maximum absolute atomic E-state index is 12.5. The van der Waals surface area contributed by atoms with E-state index in [1.165, 1.54) is 11.3 Å². The summed E-state index contributed by atoms with van der Waals surface area (Å²) < 4.78 is 0. The van der Waals surface area contributed by atoms with Crippen molar-refractivity contribution in [2.24, 2.45) is 0 Å². The number of hydrogen-bond acceptors (Lipinski definition) is 4. The Bertz CT molecular complexity index is 732. The molecule has 24 heavy (non-hydrogen) atoms. The van der Waals surface area contributed by atoms with Gasteiger partial charge in [0.05, 0.1) is 10.7 Å². The summed E-state index contributed by atoms with van der Waals surface area (Å²) in [6, 6.07) is 8.28. The molecule has 1 aromatic carbocycles. The summed E-state index contributed by atoms with van der Waals surface area (Å²) in [5.74, 6) is -1.44. The molecule has 0 bridgehead atoms. The average Bonchev–Trinajstić information content (AvgIpc) is 2.89. The van der Waals surface area contributed by atoms with E-state index in [1.807, 2.05) is 51.1 Å². The smallest absolute Gasteiger partial charge is 0.326 e. The molecule has 1 amide bonds. The predicted octanol–water partition coefficient (Wildman–Crippen LogP) is 3.17. The van der Waals surface area contributed by atoms with Gasteiger partial charge in [0, 0.05) is 11.8 Å². The molecule has 0 fully saturated rings. The zero-order chi connectivity index (χ0) is 17.9. The number of nitrogens with zero attached hydrogens (tertiary/aromatic N) is 1. The van der Waals surface area contributed by atoms with Crippen molar-refractivity contribution < 1.29 is 14.7 Å². The van der Waals surface area contributed by atoms with E-state index in [9.17, 15) is 14.7 Å². The Labute approximate surface area is 145 Å². The molecule has 0 unspecified atom stereocenters. The van der Waals surface area contributed by atoms with Crippen LogP contribution in [-0.4, -0.2) is 28.0 Å². The molecule has 5 nitrogen and oxygen atoms in total. The number of carbonyl (C=O) groups excluding carboxylic acids is 1. The van der Waals surface area contributed by atoms with E-state index < -0.39 is 12.0 Å². The van der Waals surface area contributed by atoms with Crippen molar-refractivity contribution in [1.82, 2.24) is 10.3 Å². The molecule has 0 saturated carbocycles. The first-order chi connectivity index (χ1) is 11.2. The topological polar surface area (TPSA) is 79.3 Å².